The van der Waals surface area contributed by atoms with Gasteiger partial charge in [-0.05, 0) is 25.0 Å². The van der Waals surface area contributed by atoms with E-state index in [1.54, 1.807) is 6.07 Å². The van der Waals surface area contributed by atoms with Crippen LogP contribution in [-0.4, -0.2) is 36.0 Å². The van der Waals surface area contributed by atoms with Gasteiger partial charge in [0.05, 0.1) is 0 Å². The van der Waals surface area contributed by atoms with Crippen LogP contribution in [0.2, 0.25) is 0 Å². The molecule has 1 aliphatic rings. The molecule has 1 aliphatic carbocycles. The predicted molar refractivity (Wildman–Crippen MR) is 87.5 cm³/mol. The Morgan fingerprint density at radius 3 is 2.22 bits per heavy atom. The maximum atomic E-state index is 12.2. The van der Waals surface area contributed by atoms with Gasteiger partial charge in [0.2, 0.25) is 0 Å². The second-order valence-corrected chi connectivity index (χ2v) is 5.25. The molecular formula is C16H26FN3O3. The zero-order valence-corrected chi connectivity index (χ0v) is 13.2. The van der Waals surface area contributed by atoms with E-state index in [2.05, 4.69) is 0 Å². The van der Waals surface area contributed by atoms with Crippen molar-refractivity contribution in [3.05, 3.63) is 35.6 Å². The van der Waals surface area contributed by atoms with Gasteiger partial charge in [0.25, 0.3) is 0 Å². The fraction of sp³-hybridized carbons (Fsp3) is 0.500. The molecule has 0 radical (unpaired) electrons. The number of aldehydes is 1. The molecule has 1 atom stereocenters. The van der Waals surface area contributed by atoms with E-state index in [-0.39, 0.29) is 12.4 Å². The first kappa shape index (κ1) is 21.2. The zero-order valence-electron chi connectivity index (χ0n) is 13.2. The van der Waals surface area contributed by atoms with Crippen molar-refractivity contribution in [1.29, 1.82) is 0 Å². The highest BCUT2D eigenvalue weighted by Crippen LogP contribution is 2.14. The van der Waals surface area contributed by atoms with Gasteiger partial charge in [0.15, 0.2) is 0 Å². The van der Waals surface area contributed by atoms with Crippen LogP contribution in [0.1, 0.15) is 42.5 Å². The molecule has 1 aromatic rings. The van der Waals surface area contributed by atoms with Crippen molar-refractivity contribution in [2.75, 3.05) is 6.54 Å². The van der Waals surface area contributed by atoms with Gasteiger partial charge in [-0.2, -0.15) is 0 Å². The third-order valence-corrected chi connectivity index (χ3v) is 3.21. The molecule has 7 heteroatoms. The minimum Gasteiger partial charge on any atom is -0.480 e. The normalized spacial score (nSPS) is 15.3. The highest BCUT2D eigenvalue weighted by Gasteiger charge is 2.06. The number of carbonyl (C=O) groups excluding carboxylic acids is 1. The third-order valence-electron chi connectivity index (χ3n) is 3.21. The smallest absolute Gasteiger partial charge is 0.321 e. The summed E-state index contributed by atoms with van der Waals surface area (Å²) in [4.78, 5) is 19.7. The molecule has 0 aliphatic heterocycles. The summed E-state index contributed by atoms with van der Waals surface area (Å²) in [7, 11) is 0. The predicted octanol–water partition coefficient (Wildman–Crippen LogP) is 1.27. The molecule has 130 valence electrons. The molecule has 23 heavy (non-hydrogen) atoms. The van der Waals surface area contributed by atoms with Gasteiger partial charge in [-0.3, -0.25) is 9.59 Å². The van der Waals surface area contributed by atoms with Crippen molar-refractivity contribution in [2.24, 2.45) is 17.2 Å². The van der Waals surface area contributed by atoms with E-state index in [1.807, 2.05) is 0 Å². The van der Waals surface area contributed by atoms with E-state index in [4.69, 9.17) is 22.3 Å². The third kappa shape index (κ3) is 11.4. The van der Waals surface area contributed by atoms with Crippen LogP contribution >= 0.6 is 0 Å². The first-order chi connectivity index (χ1) is 10.9. The fourth-order valence-electron chi connectivity index (χ4n) is 1.81. The molecule has 2 rings (SSSR count). The lowest BCUT2D eigenvalue weighted by Crippen LogP contribution is -2.37. The van der Waals surface area contributed by atoms with E-state index >= 15 is 0 Å². The van der Waals surface area contributed by atoms with Crippen LogP contribution in [-0.2, 0) is 4.79 Å². The van der Waals surface area contributed by atoms with Crippen LogP contribution in [0, 0.1) is 5.82 Å². The number of carbonyl (C=O) groups is 2. The van der Waals surface area contributed by atoms with Crippen LogP contribution in [0.5, 0.6) is 0 Å². The van der Waals surface area contributed by atoms with Crippen molar-refractivity contribution >= 4 is 12.3 Å². The lowest BCUT2D eigenvalue weighted by Gasteiger charge is -2.15. The number of benzene rings is 1. The summed E-state index contributed by atoms with van der Waals surface area (Å²) in [6, 6.07) is 5.17. The molecule has 6 nitrogen and oxygen atoms in total. The molecule has 0 aromatic heterocycles. The molecule has 1 aromatic carbocycles. The zero-order chi connectivity index (χ0) is 17.7. The first-order valence-electron chi connectivity index (χ1n) is 7.55. The Morgan fingerprint density at radius 1 is 1.35 bits per heavy atom. The summed E-state index contributed by atoms with van der Waals surface area (Å²) in [5, 5.41) is 7.98. The number of rotatable bonds is 3. The Kier molecular flexibility index (Phi) is 11.7. The lowest BCUT2D eigenvalue weighted by molar-refractivity contribution is -0.138. The van der Waals surface area contributed by atoms with Crippen molar-refractivity contribution in [1.82, 2.24) is 0 Å². The van der Waals surface area contributed by atoms with Gasteiger partial charge >= 0.3 is 5.97 Å². The Balaban J connectivity index is 0.000000320. The average molecular weight is 327 g/mol. The van der Waals surface area contributed by atoms with Crippen molar-refractivity contribution in [3.8, 4) is 0 Å². The van der Waals surface area contributed by atoms with Crippen molar-refractivity contribution < 1.29 is 19.1 Å². The minimum atomic E-state index is -1.05. The van der Waals surface area contributed by atoms with Crippen LogP contribution in [0.3, 0.4) is 0 Å². The fourth-order valence-corrected chi connectivity index (χ4v) is 1.81. The highest BCUT2D eigenvalue weighted by atomic mass is 19.1. The molecule has 7 N–H and O–H groups in total. The maximum absolute atomic E-state index is 12.2. The second kappa shape index (κ2) is 12.7. The number of hydrogen-bond acceptors (Lipinski definition) is 5. The molecule has 0 saturated heterocycles. The van der Waals surface area contributed by atoms with Gasteiger partial charge in [0, 0.05) is 18.2 Å². The van der Waals surface area contributed by atoms with Crippen molar-refractivity contribution in [3.63, 3.8) is 0 Å². The Labute approximate surface area is 135 Å². The van der Waals surface area contributed by atoms with Crippen LogP contribution in [0.4, 0.5) is 4.39 Å². The SMILES string of the molecule is NC1CCCCC1.NCC(N)C(=O)O.O=Cc1cccc(F)c1. The van der Waals surface area contributed by atoms with Gasteiger partial charge in [-0.1, -0.05) is 31.4 Å². The van der Waals surface area contributed by atoms with Crippen LogP contribution in [0.15, 0.2) is 24.3 Å². The summed E-state index contributed by atoms with van der Waals surface area (Å²) in [6.07, 6.45) is 7.28. The Bertz CT molecular complexity index is 466. The minimum absolute atomic E-state index is 0.00463. The molecule has 1 unspecified atom stereocenters. The molecule has 0 amide bonds. The van der Waals surface area contributed by atoms with E-state index in [0.29, 0.717) is 17.9 Å². The monoisotopic (exact) mass is 327 g/mol. The summed E-state index contributed by atoms with van der Waals surface area (Å²) >= 11 is 0. The number of carboxylic acids is 1. The van der Waals surface area contributed by atoms with Crippen LogP contribution < -0.4 is 17.2 Å². The molecular weight excluding hydrogens is 301 g/mol. The Morgan fingerprint density at radius 2 is 1.96 bits per heavy atom. The lowest BCUT2D eigenvalue weighted by atomic mass is 9.97. The first-order valence-corrected chi connectivity index (χ1v) is 7.55. The number of halogens is 1. The van der Waals surface area contributed by atoms with E-state index in [9.17, 15) is 14.0 Å². The van der Waals surface area contributed by atoms with Gasteiger partial charge in [-0.15, -0.1) is 0 Å². The summed E-state index contributed by atoms with van der Waals surface area (Å²) in [5.74, 6) is -1.43. The van der Waals surface area contributed by atoms with Crippen molar-refractivity contribution in [2.45, 2.75) is 44.2 Å². The summed E-state index contributed by atoms with van der Waals surface area (Å²) in [6.45, 7) is -0.00463. The number of nitrogens with two attached hydrogens (primary N) is 3. The van der Waals surface area contributed by atoms with E-state index in [0.717, 1.165) is 0 Å². The number of aliphatic carboxylic acids is 1. The standard InChI is InChI=1S/C7H5FO.C6H13N.C3H8N2O2/c8-7-3-1-2-6(4-7)5-9;7-6-4-2-1-3-5-6;4-1-2(5)3(6)7/h1-5H;6H,1-5,7H2;2H,1,4-5H2,(H,6,7). The molecule has 0 bridgehead atoms. The average Bonchev–Trinajstić information content (AvgIpc) is 2.55. The number of carboxylic acid groups (broad SMARTS) is 1. The number of hydrogen-bond donors (Lipinski definition) is 4. The summed E-state index contributed by atoms with van der Waals surface area (Å²) < 4.78 is 12.2. The Hall–Kier alpha value is -1.83. The van der Waals surface area contributed by atoms with E-state index < -0.39 is 12.0 Å². The largest absolute Gasteiger partial charge is 0.480 e. The quantitative estimate of drug-likeness (QED) is 0.618. The molecule has 0 spiro atoms. The van der Waals surface area contributed by atoms with Gasteiger partial charge < -0.3 is 22.3 Å². The molecule has 1 saturated carbocycles. The molecule has 0 heterocycles. The van der Waals surface area contributed by atoms with Crippen LogP contribution in [0.25, 0.3) is 0 Å². The maximum Gasteiger partial charge on any atom is 0.321 e. The topological polar surface area (TPSA) is 132 Å². The molecule has 1 fully saturated rings. The van der Waals surface area contributed by atoms with Gasteiger partial charge in [0.1, 0.15) is 18.1 Å². The summed E-state index contributed by atoms with van der Waals surface area (Å²) in [5.41, 5.74) is 15.8. The second-order valence-electron chi connectivity index (χ2n) is 5.25. The highest BCUT2D eigenvalue weighted by molar-refractivity contribution is 5.74. The van der Waals surface area contributed by atoms with E-state index in [1.165, 1.54) is 50.3 Å². The van der Waals surface area contributed by atoms with Gasteiger partial charge in [-0.25, -0.2) is 4.39 Å².